The van der Waals surface area contributed by atoms with Gasteiger partial charge in [0.2, 0.25) is 0 Å². The molecular weight excluding hydrogens is 196 g/mol. The zero-order chi connectivity index (χ0) is 10.7. The van der Waals surface area contributed by atoms with E-state index in [1.807, 2.05) is 12.1 Å². The van der Waals surface area contributed by atoms with Crippen molar-refractivity contribution in [3.63, 3.8) is 0 Å². The molecule has 5 heteroatoms. The van der Waals surface area contributed by atoms with Crippen LogP contribution in [0.4, 0.5) is 4.79 Å². The first-order valence-electron chi connectivity index (χ1n) is 4.74. The molecule has 0 radical (unpaired) electrons. The topological polar surface area (TPSA) is 62.7 Å². The molecule has 0 atom stereocenters. The zero-order valence-electron chi connectivity index (χ0n) is 8.17. The van der Waals surface area contributed by atoms with Crippen LogP contribution >= 0.6 is 0 Å². The highest BCUT2D eigenvalue weighted by Crippen LogP contribution is 2.13. The van der Waals surface area contributed by atoms with Gasteiger partial charge in [0.1, 0.15) is 0 Å². The van der Waals surface area contributed by atoms with Gasteiger partial charge >= 0.3 is 6.09 Å². The molecule has 0 spiro atoms. The smallest absolute Gasteiger partial charge is 0.407 e. The van der Waals surface area contributed by atoms with E-state index >= 15 is 0 Å². The molecule has 1 amide bonds. The molecule has 15 heavy (non-hydrogen) atoms. The number of likely N-dealkylation sites (tertiary alicyclic amines) is 1. The first-order chi connectivity index (χ1) is 7.25. The predicted octanol–water partition coefficient (Wildman–Crippen LogP) is 0.960. The van der Waals surface area contributed by atoms with Gasteiger partial charge in [0.25, 0.3) is 0 Å². The largest absolute Gasteiger partial charge is 0.465 e. The van der Waals surface area contributed by atoms with Gasteiger partial charge in [-0.15, -0.1) is 0 Å². The summed E-state index contributed by atoms with van der Waals surface area (Å²) in [6.45, 7) is 1.46. The molecule has 1 aromatic heterocycles. The fraction of sp³-hybridized carbons (Fsp3) is 0.400. The van der Waals surface area contributed by atoms with Gasteiger partial charge in [-0.2, -0.15) is 0 Å². The van der Waals surface area contributed by atoms with E-state index in [1.54, 1.807) is 12.4 Å². The van der Waals surface area contributed by atoms with E-state index in [0.717, 1.165) is 5.56 Å². The van der Waals surface area contributed by atoms with Crippen molar-refractivity contribution in [1.82, 2.24) is 9.88 Å². The molecule has 0 aliphatic carbocycles. The number of aromatic nitrogens is 1. The molecule has 2 heterocycles. The SMILES string of the molecule is O=C(O)N1CC(OCc2ccncc2)C1. The number of carbonyl (C=O) groups is 1. The second-order valence-corrected chi connectivity index (χ2v) is 3.48. The van der Waals surface area contributed by atoms with Crippen molar-refractivity contribution in [1.29, 1.82) is 0 Å². The molecule has 80 valence electrons. The minimum Gasteiger partial charge on any atom is -0.465 e. The van der Waals surface area contributed by atoms with E-state index in [4.69, 9.17) is 9.84 Å². The van der Waals surface area contributed by atoms with Crippen molar-refractivity contribution in [2.24, 2.45) is 0 Å². The number of rotatable bonds is 3. The Morgan fingerprint density at radius 3 is 2.80 bits per heavy atom. The molecule has 1 aromatic rings. The van der Waals surface area contributed by atoms with Crippen LogP contribution in [-0.4, -0.2) is 40.3 Å². The number of nitrogens with zero attached hydrogens (tertiary/aromatic N) is 2. The first-order valence-corrected chi connectivity index (χ1v) is 4.74. The zero-order valence-corrected chi connectivity index (χ0v) is 8.17. The molecule has 0 bridgehead atoms. The Kier molecular flexibility index (Phi) is 2.82. The summed E-state index contributed by atoms with van der Waals surface area (Å²) in [6, 6.07) is 3.77. The van der Waals surface area contributed by atoms with E-state index in [0.29, 0.717) is 19.7 Å². The maximum Gasteiger partial charge on any atom is 0.407 e. The van der Waals surface area contributed by atoms with Gasteiger partial charge in [-0.3, -0.25) is 4.98 Å². The maximum atomic E-state index is 10.5. The summed E-state index contributed by atoms with van der Waals surface area (Å²) in [7, 11) is 0. The van der Waals surface area contributed by atoms with Crippen molar-refractivity contribution >= 4 is 6.09 Å². The summed E-state index contributed by atoms with van der Waals surface area (Å²) >= 11 is 0. The summed E-state index contributed by atoms with van der Waals surface area (Å²) in [4.78, 5) is 15.7. The van der Waals surface area contributed by atoms with Crippen molar-refractivity contribution in [2.75, 3.05) is 13.1 Å². The molecule has 1 saturated heterocycles. The molecule has 0 unspecified atom stereocenters. The second kappa shape index (κ2) is 4.27. The summed E-state index contributed by atoms with van der Waals surface area (Å²) in [5.74, 6) is 0. The highest BCUT2D eigenvalue weighted by atomic mass is 16.5. The average molecular weight is 208 g/mol. The third-order valence-corrected chi connectivity index (χ3v) is 2.35. The summed E-state index contributed by atoms with van der Waals surface area (Å²) in [5, 5.41) is 8.60. The van der Waals surface area contributed by atoms with E-state index in [1.165, 1.54) is 4.90 Å². The van der Waals surface area contributed by atoms with Crippen molar-refractivity contribution in [2.45, 2.75) is 12.7 Å². The average Bonchev–Trinajstić information content (AvgIpc) is 2.16. The molecule has 1 aliphatic heterocycles. The molecule has 0 saturated carbocycles. The Hall–Kier alpha value is -1.62. The number of carboxylic acid groups (broad SMARTS) is 1. The molecule has 1 aliphatic rings. The normalized spacial score (nSPS) is 16.1. The van der Waals surface area contributed by atoms with Crippen LogP contribution in [0.1, 0.15) is 5.56 Å². The number of hydrogen-bond acceptors (Lipinski definition) is 3. The lowest BCUT2D eigenvalue weighted by Crippen LogP contribution is -2.54. The van der Waals surface area contributed by atoms with Crippen LogP contribution in [0.3, 0.4) is 0 Å². The van der Waals surface area contributed by atoms with Crippen molar-refractivity contribution < 1.29 is 14.6 Å². The van der Waals surface area contributed by atoms with Gasteiger partial charge in [0, 0.05) is 12.4 Å². The maximum absolute atomic E-state index is 10.5. The monoisotopic (exact) mass is 208 g/mol. The van der Waals surface area contributed by atoms with Crippen LogP contribution in [0.15, 0.2) is 24.5 Å². The van der Waals surface area contributed by atoms with Crippen LogP contribution in [0.5, 0.6) is 0 Å². The van der Waals surface area contributed by atoms with Gasteiger partial charge in [-0.05, 0) is 17.7 Å². The van der Waals surface area contributed by atoms with E-state index < -0.39 is 6.09 Å². The predicted molar refractivity (Wildman–Crippen MR) is 52.4 cm³/mol. The first kappa shape index (κ1) is 9.92. The Morgan fingerprint density at radius 2 is 2.20 bits per heavy atom. The third-order valence-electron chi connectivity index (χ3n) is 2.35. The van der Waals surface area contributed by atoms with Crippen molar-refractivity contribution in [3.8, 4) is 0 Å². The van der Waals surface area contributed by atoms with Crippen LogP contribution < -0.4 is 0 Å². The van der Waals surface area contributed by atoms with Gasteiger partial charge < -0.3 is 14.7 Å². The van der Waals surface area contributed by atoms with Crippen molar-refractivity contribution in [3.05, 3.63) is 30.1 Å². The standard InChI is InChI=1S/C10H12N2O3/c13-10(14)12-5-9(6-12)15-7-8-1-3-11-4-2-8/h1-4,9H,5-7H2,(H,13,14). The van der Waals surface area contributed by atoms with Gasteiger partial charge in [-0.1, -0.05) is 0 Å². The molecular formula is C10H12N2O3. The van der Waals surface area contributed by atoms with Gasteiger partial charge in [0.05, 0.1) is 25.8 Å². The lowest BCUT2D eigenvalue weighted by molar-refractivity contribution is -0.0522. The van der Waals surface area contributed by atoms with E-state index in [9.17, 15) is 4.79 Å². The summed E-state index contributed by atoms with van der Waals surface area (Å²) in [5.41, 5.74) is 1.05. The van der Waals surface area contributed by atoms with Crippen LogP contribution in [-0.2, 0) is 11.3 Å². The van der Waals surface area contributed by atoms with Crippen LogP contribution in [0.25, 0.3) is 0 Å². The fourth-order valence-corrected chi connectivity index (χ4v) is 1.39. The number of amides is 1. The molecule has 2 rings (SSSR count). The third kappa shape index (κ3) is 2.44. The lowest BCUT2D eigenvalue weighted by Gasteiger charge is -2.36. The summed E-state index contributed by atoms with van der Waals surface area (Å²) < 4.78 is 5.51. The van der Waals surface area contributed by atoms with E-state index in [-0.39, 0.29) is 6.10 Å². The number of ether oxygens (including phenoxy) is 1. The fourth-order valence-electron chi connectivity index (χ4n) is 1.39. The Bertz CT molecular complexity index is 336. The van der Waals surface area contributed by atoms with Crippen LogP contribution in [0.2, 0.25) is 0 Å². The van der Waals surface area contributed by atoms with E-state index in [2.05, 4.69) is 4.98 Å². The van der Waals surface area contributed by atoms with Gasteiger partial charge in [-0.25, -0.2) is 4.79 Å². The quantitative estimate of drug-likeness (QED) is 0.803. The second-order valence-electron chi connectivity index (χ2n) is 3.48. The molecule has 1 fully saturated rings. The highest BCUT2D eigenvalue weighted by molar-refractivity contribution is 5.66. The summed E-state index contributed by atoms with van der Waals surface area (Å²) in [6.07, 6.45) is 2.58. The molecule has 0 aromatic carbocycles. The Balaban J connectivity index is 1.71. The molecule has 1 N–H and O–H groups in total. The number of hydrogen-bond donors (Lipinski definition) is 1. The minimum absolute atomic E-state index is 0.0364. The minimum atomic E-state index is -0.876. The Morgan fingerprint density at radius 1 is 1.53 bits per heavy atom. The van der Waals surface area contributed by atoms with Gasteiger partial charge in [0.15, 0.2) is 0 Å². The highest BCUT2D eigenvalue weighted by Gasteiger charge is 2.30. The van der Waals surface area contributed by atoms with Crippen LogP contribution in [0, 0.1) is 0 Å². The lowest BCUT2D eigenvalue weighted by atomic mass is 10.2. The number of pyridine rings is 1. The Labute approximate surface area is 87.3 Å². The molecule has 5 nitrogen and oxygen atoms in total.